The van der Waals surface area contributed by atoms with E-state index in [4.69, 9.17) is 0 Å². The van der Waals surface area contributed by atoms with Crippen LogP contribution in [0.3, 0.4) is 0 Å². The molecule has 0 atom stereocenters. The summed E-state index contributed by atoms with van der Waals surface area (Å²) >= 11 is 0. The second kappa shape index (κ2) is 1.85. The van der Waals surface area contributed by atoms with Crippen LogP contribution in [0.15, 0.2) is 17.5 Å². The van der Waals surface area contributed by atoms with Crippen LogP contribution in [0.4, 0.5) is 0 Å². The van der Waals surface area contributed by atoms with E-state index in [1.165, 1.54) is 18.4 Å². The van der Waals surface area contributed by atoms with E-state index in [-0.39, 0.29) is 0 Å². The van der Waals surface area contributed by atoms with E-state index in [0.717, 1.165) is 0 Å². The molecule has 1 aliphatic carbocycles. The molecule has 1 N–H and O–H groups in total. The molecular formula is C6H9N. The Bertz CT molecular complexity index is 112. The van der Waals surface area contributed by atoms with Crippen LogP contribution in [0.25, 0.3) is 0 Å². The molecule has 1 saturated carbocycles. The Kier molecular flexibility index (Phi) is 1.19. The van der Waals surface area contributed by atoms with Gasteiger partial charge in [-0.05, 0) is 18.4 Å². The minimum absolute atomic E-state index is 1.26. The largest absolute Gasteiger partial charge is 0.388 e. The fourth-order valence-corrected chi connectivity index (χ4v) is 0.381. The number of hydrogen-bond donors (Lipinski definition) is 1. The van der Waals surface area contributed by atoms with Gasteiger partial charge in [-0.1, -0.05) is 0 Å². The predicted molar refractivity (Wildman–Crippen MR) is 29.9 cm³/mol. The van der Waals surface area contributed by atoms with E-state index in [2.05, 4.69) is 11.0 Å². The van der Waals surface area contributed by atoms with Crippen LogP contribution in [0.1, 0.15) is 12.8 Å². The van der Waals surface area contributed by atoms with Crippen molar-refractivity contribution >= 4 is 0 Å². The number of hydrogen-bond acceptors (Lipinski definition) is 1. The first-order valence-electron chi connectivity index (χ1n) is 2.53. The van der Waals surface area contributed by atoms with Crippen molar-refractivity contribution in [2.75, 3.05) is 7.05 Å². The maximum absolute atomic E-state index is 3.09. The normalized spacial score (nSPS) is 15.3. The van der Waals surface area contributed by atoms with Crippen molar-refractivity contribution in [3.8, 4) is 0 Å². The van der Waals surface area contributed by atoms with Gasteiger partial charge in [-0.25, -0.2) is 0 Å². The molecule has 0 aromatic carbocycles. The Morgan fingerprint density at radius 1 is 1.71 bits per heavy atom. The lowest BCUT2D eigenvalue weighted by molar-refractivity contribution is 1.11. The first-order valence-corrected chi connectivity index (χ1v) is 2.53. The van der Waals surface area contributed by atoms with Crippen LogP contribution in [0.5, 0.6) is 0 Å². The van der Waals surface area contributed by atoms with Crippen molar-refractivity contribution in [3.63, 3.8) is 0 Å². The molecule has 1 heteroatoms. The molecule has 1 aliphatic rings. The number of nitrogens with one attached hydrogen (secondary N) is 1. The molecule has 1 rings (SSSR count). The molecule has 0 aliphatic heterocycles. The SMILES string of the molecule is CNC=C=C1CC1. The fraction of sp³-hybridized carbons (Fsp3) is 0.500. The van der Waals surface area contributed by atoms with Gasteiger partial charge in [0.05, 0.1) is 0 Å². The molecule has 0 radical (unpaired) electrons. The van der Waals surface area contributed by atoms with Gasteiger partial charge < -0.3 is 5.32 Å². The van der Waals surface area contributed by atoms with E-state index in [1.807, 2.05) is 13.2 Å². The zero-order valence-electron chi connectivity index (χ0n) is 4.49. The molecule has 7 heavy (non-hydrogen) atoms. The van der Waals surface area contributed by atoms with Gasteiger partial charge in [-0.3, -0.25) is 0 Å². The summed E-state index contributed by atoms with van der Waals surface area (Å²) in [5.41, 5.74) is 4.53. The number of allylic oxidation sites excluding steroid dienone is 1. The maximum Gasteiger partial charge on any atom is 0.0394 e. The Labute approximate surface area is 43.7 Å². The second-order valence-electron chi connectivity index (χ2n) is 1.68. The maximum atomic E-state index is 3.09. The minimum Gasteiger partial charge on any atom is -0.388 e. The highest BCUT2D eigenvalue weighted by molar-refractivity contribution is 5.14. The smallest absolute Gasteiger partial charge is 0.0394 e. The Balaban J connectivity index is 2.42. The van der Waals surface area contributed by atoms with Crippen molar-refractivity contribution in [1.29, 1.82) is 0 Å². The molecule has 1 fully saturated rings. The van der Waals surface area contributed by atoms with Gasteiger partial charge in [0.15, 0.2) is 0 Å². The molecular weight excluding hydrogens is 86.1 g/mol. The zero-order chi connectivity index (χ0) is 5.11. The Morgan fingerprint density at radius 2 is 2.43 bits per heavy atom. The van der Waals surface area contributed by atoms with Crippen LogP contribution in [0, 0.1) is 0 Å². The third kappa shape index (κ3) is 1.47. The summed E-state index contributed by atoms with van der Waals surface area (Å²) in [5.74, 6) is 0. The van der Waals surface area contributed by atoms with E-state index in [9.17, 15) is 0 Å². The third-order valence-corrected chi connectivity index (χ3v) is 0.921. The Morgan fingerprint density at radius 3 is 2.86 bits per heavy atom. The second-order valence-corrected chi connectivity index (χ2v) is 1.68. The van der Waals surface area contributed by atoms with Crippen LogP contribution < -0.4 is 5.32 Å². The zero-order valence-corrected chi connectivity index (χ0v) is 4.49. The lowest BCUT2D eigenvalue weighted by atomic mass is 10.6. The van der Waals surface area contributed by atoms with Crippen molar-refractivity contribution in [2.45, 2.75) is 12.8 Å². The summed E-state index contributed by atoms with van der Waals surface area (Å²) in [5, 5.41) is 2.88. The molecule has 0 amide bonds. The van der Waals surface area contributed by atoms with Crippen LogP contribution in [-0.2, 0) is 0 Å². The van der Waals surface area contributed by atoms with Gasteiger partial charge in [0.1, 0.15) is 0 Å². The van der Waals surface area contributed by atoms with Crippen molar-refractivity contribution < 1.29 is 0 Å². The van der Waals surface area contributed by atoms with Crippen LogP contribution in [-0.4, -0.2) is 7.05 Å². The standard InChI is InChI=1S/C6H9N/c1-7-5-4-6-2-3-6/h5,7H,2-3H2,1H3. The molecule has 38 valence electrons. The highest BCUT2D eigenvalue weighted by Crippen LogP contribution is 2.25. The summed E-state index contributed by atoms with van der Waals surface area (Å²) in [6.07, 6.45) is 4.37. The van der Waals surface area contributed by atoms with Gasteiger partial charge in [0.2, 0.25) is 0 Å². The minimum atomic E-state index is 1.26. The quantitative estimate of drug-likeness (QED) is 0.480. The molecule has 0 unspecified atom stereocenters. The summed E-state index contributed by atoms with van der Waals surface area (Å²) < 4.78 is 0. The van der Waals surface area contributed by atoms with Gasteiger partial charge in [-0.2, -0.15) is 0 Å². The molecule has 0 aromatic heterocycles. The summed E-state index contributed by atoms with van der Waals surface area (Å²) in [6.45, 7) is 0. The van der Waals surface area contributed by atoms with E-state index >= 15 is 0 Å². The number of rotatable bonds is 1. The first-order chi connectivity index (χ1) is 3.43. The Hall–Kier alpha value is -0.680. The topological polar surface area (TPSA) is 12.0 Å². The molecule has 0 spiro atoms. The van der Waals surface area contributed by atoms with Crippen molar-refractivity contribution in [3.05, 3.63) is 17.5 Å². The molecule has 0 bridgehead atoms. The van der Waals surface area contributed by atoms with Gasteiger partial charge in [0, 0.05) is 13.2 Å². The van der Waals surface area contributed by atoms with Crippen molar-refractivity contribution in [2.24, 2.45) is 0 Å². The summed E-state index contributed by atoms with van der Waals surface area (Å²) in [7, 11) is 1.88. The lowest BCUT2D eigenvalue weighted by Crippen LogP contribution is -1.88. The molecule has 1 nitrogen and oxygen atoms in total. The van der Waals surface area contributed by atoms with Gasteiger partial charge in [0.25, 0.3) is 0 Å². The van der Waals surface area contributed by atoms with Gasteiger partial charge >= 0.3 is 0 Å². The average Bonchev–Trinajstić information content (AvgIpc) is 2.42. The summed E-state index contributed by atoms with van der Waals surface area (Å²) in [4.78, 5) is 0. The monoisotopic (exact) mass is 95.1 g/mol. The predicted octanol–water partition coefficient (Wildman–Crippen LogP) is 1.04. The molecule has 0 aromatic rings. The van der Waals surface area contributed by atoms with E-state index in [0.29, 0.717) is 0 Å². The fourth-order valence-electron chi connectivity index (χ4n) is 0.381. The lowest BCUT2D eigenvalue weighted by Gasteiger charge is -1.73. The van der Waals surface area contributed by atoms with E-state index < -0.39 is 0 Å². The molecule has 0 saturated heterocycles. The highest BCUT2D eigenvalue weighted by Gasteiger charge is 2.07. The molecule has 0 heterocycles. The van der Waals surface area contributed by atoms with Crippen LogP contribution >= 0.6 is 0 Å². The van der Waals surface area contributed by atoms with Crippen LogP contribution in [0.2, 0.25) is 0 Å². The van der Waals surface area contributed by atoms with Crippen molar-refractivity contribution in [1.82, 2.24) is 5.32 Å². The van der Waals surface area contributed by atoms with E-state index in [1.54, 1.807) is 0 Å². The van der Waals surface area contributed by atoms with Gasteiger partial charge in [-0.15, -0.1) is 5.73 Å². The average molecular weight is 95.1 g/mol. The summed E-state index contributed by atoms with van der Waals surface area (Å²) in [6, 6.07) is 0. The third-order valence-electron chi connectivity index (χ3n) is 0.921. The highest BCUT2D eigenvalue weighted by atomic mass is 14.8. The first kappa shape index (κ1) is 4.48.